The molecule has 0 aliphatic carbocycles. The highest BCUT2D eigenvalue weighted by molar-refractivity contribution is 5.29. The lowest BCUT2D eigenvalue weighted by molar-refractivity contribution is 0.395. The minimum Gasteiger partial charge on any atom is -0.503 e. The molecule has 4 nitrogen and oxygen atoms in total. The Labute approximate surface area is 96.3 Å². The topological polar surface area (TPSA) is 60.9 Å². The number of imidazole rings is 1. The van der Waals surface area contributed by atoms with Gasteiger partial charge in [-0.3, -0.25) is 0 Å². The van der Waals surface area contributed by atoms with Crippen molar-refractivity contribution in [3.63, 3.8) is 0 Å². The Balaban J connectivity index is 1.95. The second-order valence-electron chi connectivity index (χ2n) is 3.59. The molecule has 0 unspecified atom stereocenters. The average molecular weight is 239 g/mol. The van der Waals surface area contributed by atoms with E-state index in [1.54, 1.807) is 12.5 Å². The molecule has 0 spiro atoms. The van der Waals surface area contributed by atoms with Crippen LogP contribution in [0.1, 0.15) is 11.3 Å². The Bertz CT molecular complexity index is 476. The maximum absolute atomic E-state index is 13.0. The van der Waals surface area contributed by atoms with Crippen LogP contribution in [-0.4, -0.2) is 15.1 Å². The molecule has 0 saturated carbocycles. The summed E-state index contributed by atoms with van der Waals surface area (Å²) in [6, 6.07) is 2.19. The summed E-state index contributed by atoms with van der Waals surface area (Å²) in [5.74, 6) is -2.85. The standard InChI is InChI=1S/C11H11F2N3O/c12-9-1-7(2-10(13)11(9)17)3-14-4-8-5-15-6-16-8/h1-2,5-6,14,17H,3-4H2,(H,15,16). The molecule has 1 aromatic carbocycles. The lowest BCUT2D eigenvalue weighted by Crippen LogP contribution is -2.13. The highest BCUT2D eigenvalue weighted by Crippen LogP contribution is 2.21. The Morgan fingerprint density at radius 2 is 1.94 bits per heavy atom. The number of nitrogens with zero attached hydrogens (tertiary/aromatic N) is 1. The predicted octanol–water partition coefficient (Wildman–Crippen LogP) is 1.68. The quantitative estimate of drug-likeness (QED) is 0.760. The van der Waals surface area contributed by atoms with Crippen molar-refractivity contribution in [2.75, 3.05) is 0 Å². The van der Waals surface area contributed by atoms with Crippen molar-refractivity contribution >= 4 is 0 Å². The zero-order valence-corrected chi connectivity index (χ0v) is 8.87. The van der Waals surface area contributed by atoms with Crippen LogP contribution in [0.25, 0.3) is 0 Å². The van der Waals surface area contributed by atoms with Crippen LogP contribution in [0.3, 0.4) is 0 Å². The van der Waals surface area contributed by atoms with Crippen LogP contribution in [0.4, 0.5) is 8.78 Å². The summed E-state index contributed by atoms with van der Waals surface area (Å²) < 4.78 is 26.0. The number of aromatic nitrogens is 2. The number of phenols is 1. The average Bonchev–Trinajstić information content (AvgIpc) is 2.79. The number of benzene rings is 1. The number of aromatic amines is 1. The molecule has 0 atom stereocenters. The third kappa shape index (κ3) is 2.79. The zero-order chi connectivity index (χ0) is 12.3. The van der Waals surface area contributed by atoms with Crippen molar-refractivity contribution < 1.29 is 13.9 Å². The number of hydrogen-bond donors (Lipinski definition) is 3. The lowest BCUT2D eigenvalue weighted by Gasteiger charge is -2.05. The van der Waals surface area contributed by atoms with Gasteiger partial charge in [-0.15, -0.1) is 0 Å². The first-order valence-electron chi connectivity index (χ1n) is 5.01. The van der Waals surface area contributed by atoms with E-state index in [-0.39, 0.29) is 0 Å². The van der Waals surface area contributed by atoms with E-state index < -0.39 is 17.4 Å². The van der Waals surface area contributed by atoms with Gasteiger partial charge < -0.3 is 15.4 Å². The van der Waals surface area contributed by atoms with Crippen LogP contribution in [-0.2, 0) is 13.1 Å². The number of phenolic OH excluding ortho intramolecular Hbond substituents is 1. The summed E-state index contributed by atoms with van der Waals surface area (Å²) in [4.78, 5) is 6.73. The second kappa shape index (κ2) is 4.92. The molecule has 90 valence electrons. The predicted molar refractivity (Wildman–Crippen MR) is 57.2 cm³/mol. The molecule has 1 heterocycles. The van der Waals surface area contributed by atoms with Crippen molar-refractivity contribution in [2.24, 2.45) is 0 Å². The summed E-state index contributed by atoms with van der Waals surface area (Å²) in [5, 5.41) is 11.9. The fourth-order valence-electron chi connectivity index (χ4n) is 1.44. The molecule has 2 aromatic rings. The molecule has 2 rings (SSSR count). The molecule has 0 radical (unpaired) electrons. The normalized spacial score (nSPS) is 10.7. The SMILES string of the molecule is Oc1c(F)cc(CNCc2cnc[nH]2)cc1F. The van der Waals surface area contributed by atoms with Gasteiger partial charge in [0.2, 0.25) is 0 Å². The first kappa shape index (κ1) is 11.5. The smallest absolute Gasteiger partial charge is 0.187 e. The Hall–Kier alpha value is -1.95. The highest BCUT2D eigenvalue weighted by atomic mass is 19.1. The van der Waals surface area contributed by atoms with E-state index in [0.717, 1.165) is 17.8 Å². The third-order valence-corrected chi connectivity index (χ3v) is 2.28. The van der Waals surface area contributed by atoms with Crippen molar-refractivity contribution in [1.29, 1.82) is 0 Å². The maximum Gasteiger partial charge on any atom is 0.187 e. The second-order valence-corrected chi connectivity index (χ2v) is 3.59. The van der Waals surface area contributed by atoms with Gasteiger partial charge in [-0.25, -0.2) is 13.8 Å². The number of H-pyrrole nitrogens is 1. The summed E-state index contributed by atoms with van der Waals surface area (Å²) in [6.07, 6.45) is 3.21. The van der Waals surface area contributed by atoms with Crippen LogP contribution in [0.15, 0.2) is 24.7 Å². The van der Waals surface area contributed by atoms with E-state index in [2.05, 4.69) is 15.3 Å². The molecule has 1 aromatic heterocycles. The van der Waals surface area contributed by atoms with E-state index in [4.69, 9.17) is 5.11 Å². The number of rotatable bonds is 4. The number of aromatic hydroxyl groups is 1. The van der Waals surface area contributed by atoms with E-state index in [9.17, 15) is 8.78 Å². The van der Waals surface area contributed by atoms with E-state index >= 15 is 0 Å². The van der Waals surface area contributed by atoms with Crippen molar-refractivity contribution in [2.45, 2.75) is 13.1 Å². The maximum atomic E-state index is 13.0. The summed E-state index contributed by atoms with van der Waals surface area (Å²) in [6.45, 7) is 0.817. The zero-order valence-electron chi connectivity index (χ0n) is 8.87. The van der Waals surface area contributed by atoms with Gasteiger partial charge in [-0.1, -0.05) is 0 Å². The van der Waals surface area contributed by atoms with Gasteiger partial charge in [0, 0.05) is 25.0 Å². The van der Waals surface area contributed by atoms with Crippen LogP contribution < -0.4 is 5.32 Å². The third-order valence-electron chi connectivity index (χ3n) is 2.28. The molecular formula is C11H11F2N3O. The van der Waals surface area contributed by atoms with Gasteiger partial charge in [-0.05, 0) is 17.7 Å². The Morgan fingerprint density at radius 1 is 1.24 bits per heavy atom. The van der Waals surface area contributed by atoms with E-state index in [1.165, 1.54) is 0 Å². The highest BCUT2D eigenvalue weighted by Gasteiger charge is 2.09. The molecule has 0 aliphatic rings. The fraction of sp³-hybridized carbons (Fsp3) is 0.182. The van der Waals surface area contributed by atoms with E-state index in [1.807, 2.05) is 0 Å². The minimum atomic E-state index is -0.955. The van der Waals surface area contributed by atoms with Crippen LogP contribution in [0.2, 0.25) is 0 Å². The monoisotopic (exact) mass is 239 g/mol. The van der Waals surface area contributed by atoms with Crippen molar-refractivity contribution in [1.82, 2.24) is 15.3 Å². The van der Waals surface area contributed by atoms with Crippen LogP contribution in [0.5, 0.6) is 5.75 Å². The number of hydrogen-bond acceptors (Lipinski definition) is 3. The lowest BCUT2D eigenvalue weighted by atomic mass is 10.2. The number of nitrogens with one attached hydrogen (secondary N) is 2. The van der Waals surface area contributed by atoms with Gasteiger partial charge >= 0.3 is 0 Å². The molecular weight excluding hydrogens is 228 g/mol. The first-order valence-corrected chi connectivity index (χ1v) is 5.01. The number of halogens is 2. The summed E-state index contributed by atoms with van der Waals surface area (Å²) in [7, 11) is 0. The summed E-state index contributed by atoms with van der Waals surface area (Å²) in [5.41, 5.74) is 1.31. The largest absolute Gasteiger partial charge is 0.503 e. The molecule has 0 amide bonds. The molecule has 0 fully saturated rings. The molecule has 3 N–H and O–H groups in total. The van der Waals surface area contributed by atoms with Gasteiger partial charge in [0.05, 0.1) is 6.33 Å². The molecule has 6 heteroatoms. The van der Waals surface area contributed by atoms with Gasteiger partial charge in [0.25, 0.3) is 0 Å². The van der Waals surface area contributed by atoms with E-state index in [0.29, 0.717) is 18.7 Å². The van der Waals surface area contributed by atoms with Gasteiger partial charge in [-0.2, -0.15) is 0 Å². The van der Waals surface area contributed by atoms with Crippen molar-refractivity contribution in [3.05, 3.63) is 47.5 Å². The summed E-state index contributed by atoms with van der Waals surface area (Å²) >= 11 is 0. The Kier molecular flexibility index (Phi) is 3.34. The Morgan fingerprint density at radius 3 is 2.53 bits per heavy atom. The first-order chi connectivity index (χ1) is 8.16. The molecule has 17 heavy (non-hydrogen) atoms. The minimum absolute atomic E-state index is 0.299. The molecule has 0 aliphatic heterocycles. The van der Waals surface area contributed by atoms with Crippen LogP contribution in [0, 0.1) is 11.6 Å². The van der Waals surface area contributed by atoms with Gasteiger partial charge in [0.15, 0.2) is 17.4 Å². The van der Waals surface area contributed by atoms with Gasteiger partial charge in [0.1, 0.15) is 0 Å². The van der Waals surface area contributed by atoms with Crippen LogP contribution >= 0.6 is 0 Å². The molecule has 0 bridgehead atoms. The molecule has 0 saturated heterocycles. The fourth-order valence-corrected chi connectivity index (χ4v) is 1.44. The van der Waals surface area contributed by atoms with Crippen molar-refractivity contribution in [3.8, 4) is 5.75 Å².